The number of methoxy groups -OCH3 is 1. The van der Waals surface area contributed by atoms with Crippen molar-refractivity contribution < 1.29 is 14.3 Å². The van der Waals surface area contributed by atoms with E-state index in [2.05, 4.69) is 31.6 Å². The molecular weight excluding hydrogens is 406 g/mol. The summed E-state index contributed by atoms with van der Waals surface area (Å²) in [5.41, 5.74) is 3.56. The first-order chi connectivity index (χ1) is 15.7. The van der Waals surface area contributed by atoms with Crippen LogP contribution in [0.1, 0.15) is 22.3 Å². The number of hydrogen-bond acceptors (Lipinski definition) is 8. The van der Waals surface area contributed by atoms with Crippen molar-refractivity contribution in [3.8, 4) is 17.4 Å². The highest BCUT2D eigenvalue weighted by Gasteiger charge is 2.24. The number of aromatic nitrogens is 2. The zero-order valence-electron chi connectivity index (χ0n) is 17.9. The maximum atomic E-state index is 12.3. The molecule has 2 aromatic carbocycles. The van der Waals surface area contributed by atoms with Crippen LogP contribution < -0.4 is 25.0 Å². The molecule has 8 heteroatoms. The van der Waals surface area contributed by atoms with E-state index in [1.807, 2.05) is 24.3 Å². The fourth-order valence-electron chi connectivity index (χ4n) is 4.15. The number of ether oxygens (including phenoxy) is 2. The minimum absolute atomic E-state index is 0.109. The number of carbonyl (C=O) groups is 1. The van der Waals surface area contributed by atoms with Crippen LogP contribution in [0.25, 0.3) is 0 Å². The molecule has 0 amide bonds. The first kappa shape index (κ1) is 20.3. The van der Waals surface area contributed by atoms with Crippen molar-refractivity contribution in [3.63, 3.8) is 0 Å². The summed E-state index contributed by atoms with van der Waals surface area (Å²) in [6.07, 6.45) is 2.90. The Bertz CT molecular complexity index is 1140. The molecule has 164 valence electrons. The standard InChI is InChI=1S/C24H25N5O3/c1-31-21-15-17(29-13-11-25-12-14-29)6-7-18(21)27-24-26-10-9-22(28-24)32-20-4-2-3-16-5-8-19(30)23(16)20/h2-4,6-7,9-10,15,25H,5,8,11-14H2,1H3,(H,26,27,28). The molecule has 0 radical (unpaired) electrons. The lowest BCUT2D eigenvalue weighted by atomic mass is 10.1. The summed E-state index contributed by atoms with van der Waals surface area (Å²) in [5.74, 6) is 2.11. The number of hydrogen-bond donors (Lipinski definition) is 2. The molecule has 1 aromatic heterocycles. The Hall–Kier alpha value is -3.65. The average molecular weight is 431 g/mol. The molecule has 32 heavy (non-hydrogen) atoms. The maximum Gasteiger partial charge on any atom is 0.230 e. The lowest BCUT2D eigenvalue weighted by molar-refractivity contribution is 0.0992. The van der Waals surface area contributed by atoms with E-state index >= 15 is 0 Å². The summed E-state index contributed by atoms with van der Waals surface area (Å²) in [6.45, 7) is 3.87. The van der Waals surface area contributed by atoms with Crippen LogP contribution in [0.5, 0.6) is 17.4 Å². The Kier molecular flexibility index (Phi) is 5.60. The van der Waals surface area contributed by atoms with Crippen LogP contribution >= 0.6 is 0 Å². The van der Waals surface area contributed by atoms with Gasteiger partial charge in [0.15, 0.2) is 5.78 Å². The zero-order valence-corrected chi connectivity index (χ0v) is 17.9. The van der Waals surface area contributed by atoms with Gasteiger partial charge in [-0.05, 0) is 30.2 Å². The molecule has 1 aliphatic heterocycles. The van der Waals surface area contributed by atoms with Gasteiger partial charge in [0.05, 0.1) is 18.4 Å². The van der Waals surface area contributed by atoms with Gasteiger partial charge in [0.1, 0.15) is 11.5 Å². The summed E-state index contributed by atoms with van der Waals surface area (Å²) < 4.78 is 11.6. The molecule has 0 unspecified atom stereocenters. The molecule has 0 saturated carbocycles. The number of nitrogens with one attached hydrogen (secondary N) is 2. The molecule has 2 aliphatic rings. The summed E-state index contributed by atoms with van der Waals surface area (Å²) in [5, 5.41) is 6.58. The molecular formula is C24H25N5O3. The number of benzene rings is 2. The van der Waals surface area contributed by atoms with Gasteiger partial charge in [-0.3, -0.25) is 4.79 Å². The van der Waals surface area contributed by atoms with E-state index in [-0.39, 0.29) is 5.78 Å². The number of nitrogens with zero attached hydrogens (tertiary/aromatic N) is 3. The minimum atomic E-state index is 0.109. The largest absolute Gasteiger partial charge is 0.494 e. The Balaban J connectivity index is 1.35. The van der Waals surface area contributed by atoms with Crippen LogP contribution in [-0.2, 0) is 6.42 Å². The van der Waals surface area contributed by atoms with Crippen molar-refractivity contribution >= 4 is 23.1 Å². The van der Waals surface area contributed by atoms with Crippen molar-refractivity contribution in [2.45, 2.75) is 12.8 Å². The van der Waals surface area contributed by atoms with E-state index in [9.17, 15) is 4.79 Å². The van der Waals surface area contributed by atoms with Crippen molar-refractivity contribution in [1.29, 1.82) is 0 Å². The molecule has 0 atom stereocenters. The van der Waals surface area contributed by atoms with Crippen LogP contribution in [0.3, 0.4) is 0 Å². The van der Waals surface area contributed by atoms with Crippen LogP contribution in [0.2, 0.25) is 0 Å². The van der Waals surface area contributed by atoms with Gasteiger partial charge in [0.2, 0.25) is 11.8 Å². The Morgan fingerprint density at radius 3 is 2.78 bits per heavy atom. The first-order valence-corrected chi connectivity index (χ1v) is 10.8. The molecule has 1 saturated heterocycles. The molecule has 1 aliphatic carbocycles. The second kappa shape index (κ2) is 8.84. The second-order valence-corrected chi connectivity index (χ2v) is 7.78. The third-order valence-electron chi connectivity index (χ3n) is 5.77. The first-order valence-electron chi connectivity index (χ1n) is 10.8. The Morgan fingerprint density at radius 2 is 1.94 bits per heavy atom. The van der Waals surface area contributed by atoms with Gasteiger partial charge in [-0.25, -0.2) is 4.98 Å². The highest BCUT2D eigenvalue weighted by atomic mass is 16.5. The number of carbonyl (C=O) groups excluding carboxylic acids is 1. The summed E-state index contributed by atoms with van der Waals surface area (Å²) in [6, 6.07) is 13.4. The molecule has 0 spiro atoms. The van der Waals surface area contributed by atoms with Gasteiger partial charge >= 0.3 is 0 Å². The lowest BCUT2D eigenvalue weighted by Crippen LogP contribution is -2.43. The second-order valence-electron chi connectivity index (χ2n) is 7.78. The minimum Gasteiger partial charge on any atom is -0.494 e. The molecule has 3 aromatic rings. The average Bonchev–Trinajstić information content (AvgIpc) is 3.22. The Labute approximate surface area is 186 Å². The topological polar surface area (TPSA) is 88.6 Å². The maximum absolute atomic E-state index is 12.3. The molecule has 5 rings (SSSR count). The zero-order chi connectivity index (χ0) is 21.9. The van der Waals surface area contributed by atoms with Gasteiger partial charge < -0.3 is 25.0 Å². The molecule has 0 bridgehead atoms. The van der Waals surface area contributed by atoms with Gasteiger partial charge in [-0.1, -0.05) is 12.1 Å². The highest BCUT2D eigenvalue weighted by Crippen LogP contribution is 2.34. The van der Waals surface area contributed by atoms with Crippen molar-refractivity contribution in [3.05, 3.63) is 59.8 Å². The molecule has 2 N–H and O–H groups in total. The Morgan fingerprint density at radius 1 is 1.06 bits per heavy atom. The van der Waals surface area contributed by atoms with E-state index < -0.39 is 0 Å². The molecule has 1 fully saturated rings. The summed E-state index contributed by atoms with van der Waals surface area (Å²) in [7, 11) is 1.65. The fourth-order valence-corrected chi connectivity index (χ4v) is 4.15. The van der Waals surface area contributed by atoms with Crippen LogP contribution in [0, 0.1) is 0 Å². The van der Waals surface area contributed by atoms with Crippen LogP contribution in [0.4, 0.5) is 17.3 Å². The predicted octanol–water partition coefficient (Wildman–Crippen LogP) is 3.56. The van der Waals surface area contributed by atoms with E-state index in [1.165, 1.54) is 0 Å². The third-order valence-corrected chi connectivity index (χ3v) is 5.77. The number of fused-ring (bicyclic) bond motifs is 1. The fraction of sp³-hybridized carbons (Fsp3) is 0.292. The van der Waals surface area contributed by atoms with Gasteiger partial charge in [-0.2, -0.15) is 4.98 Å². The molecule has 8 nitrogen and oxygen atoms in total. The summed E-state index contributed by atoms with van der Waals surface area (Å²) >= 11 is 0. The number of aryl methyl sites for hydroxylation is 1. The normalized spacial score (nSPS) is 15.4. The van der Waals surface area contributed by atoms with E-state index in [4.69, 9.17) is 9.47 Å². The smallest absolute Gasteiger partial charge is 0.230 e. The number of ketones is 1. The number of anilines is 3. The van der Waals surface area contributed by atoms with Crippen LogP contribution in [-0.4, -0.2) is 49.0 Å². The SMILES string of the molecule is COc1cc(N2CCNCC2)ccc1Nc1nccc(Oc2cccc3c2C(=O)CC3)n1. The van der Waals surface area contributed by atoms with Gasteiger partial charge in [-0.15, -0.1) is 0 Å². The number of Topliss-reactive ketones (excluding diaryl/α,β-unsaturated/α-hetero) is 1. The quantitative estimate of drug-likeness (QED) is 0.613. The van der Waals surface area contributed by atoms with Crippen molar-refractivity contribution in [2.24, 2.45) is 0 Å². The number of piperazine rings is 1. The predicted molar refractivity (Wildman–Crippen MR) is 123 cm³/mol. The monoisotopic (exact) mass is 431 g/mol. The van der Waals surface area contributed by atoms with Crippen LogP contribution in [0.15, 0.2) is 48.7 Å². The molecule has 2 heterocycles. The van der Waals surface area contributed by atoms with Gasteiger partial charge in [0.25, 0.3) is 0 Å². The van der Waals surface area contributed by atoms with Crippen molar-refractivity contribution in [1.82, 2.24) is 15.3 Å². The van der Waals surface area contributed by atoms with E-state index in [0.29, 0.717) is 35.3 Å². The van der Waals surface area contributed by atoms with E-state index in [0.717, 1.165) is 49.5 Å². The van der Waals surface area contributed by atoms with Gasteiger partial charge in [0, 0.05) is 56.6 Å². The summed E-state index contributed by atoms with van der Waals surface area (Å²) in [4.78, 5) is 23.4. The van der Waals surface area contributed by atoms with Crippen molar-refractivity contribution in [2.75, 3.05) is 43.5 Å². The third kappa shape index (κ3) is 4.09. The lowest BCUT2D eigenvalue weighted by Gasteiger charge is -2.30. The number of rotatable bonds is 6. The highest BCUT2D eigenvalue weighted by molar-refractivity contribution is 6.02. The van der Waals surface area contributed by atoms with E-state index in [1.54, 1.807) is 25.4 Å².